The molecule has 3 N–H and O–H groups in total. The van der Waals surface area contributed by atoms with Gasteiger partial charge in [-0.1, -0.05) is 30.3 Å². The van der Waals surface area contributed by atoms with Gasteiger partial charge in [-0.15, -0.1) is 0 Å². The Bertz CT molecular complexity index is 337. The third-order valence-electron chi connectivity index (χ3n) is 3.24. The molecular weight excluding hydrogens is 200 g/mol. The molecular formula is C13H20N2O. The first-order valence-corrected chi connectivity index (χ1v) is 5.84. The molecule has 3 nitrogen and oxygen atoms in total. The second-order valence-electron chi connectivity index (χ2n) is 4.92. The third kappa shape index (κ3) is 2.61. The second-order valence-corrected chi connectivity index (χ2v) is 4.92. The van der Waals surface area contributed by atoms with Crippen LogP contribution < -0.4 is 5.73 Å². The van der Waals surface area contributed by atoms with Crippen molar-refractivity contribution in [2.45, 2.75) is 25.0 Å². The molecule has 1 unspecified atom stereocenters. The maximum atomic E-state index is 10.4. The lowest BCUT2D eigenvalue weighted by atomic mass is 9.95. The summed E-state index contributed by atoms with van der Waals surface area (Å²) in [5.74, 6) is 0. The Morgan fingerprint density at radius 1 is 1.44 bits per heavy atom. The third-order valence-corrected chi connectivity index (χ3v) is 3.24. The number of hydrogen-bond acceptors (Lipinski definition) is 3. The number of nitrogens with two attached hydrogens (primary N) is 1. The van der Waals surface area contributed by atoms with Gasteiger partial charge in [0, 0.05) is 19.1 Å². The standard InChI is InChI=1S/C13H20N2O/c1-13(16,11-5-3-2-4-6-11)10-15-8-7-12(14)9-15/h2-6,12,16H,7-10,14H2,1H3/t12-,13?/m0/s1. The second kappa shape index (κ2) is 4.53. The Hall–Kier alpha value is -0.900. The van der Waals surface area contributed by atoms with E-state index >= 15 is 0 Å². The van der Waals surface area contributed by atoms with Gasteiger partial charge in [-0.05, 0) is 25.5 Å². The molecule has 0 saturated carbocycles. The Morgan fingerprint density at radius 3 is 2.69 bits per heavy atom. The van der Waals surface area contributed by atoms with E-state index in [0.717, 1.165) is 25.1 Å². The van der Waals surface area contributed by atoms with Crippen molar-refractivity contribution in [1.82, 2.24) is 4.90 Å². The molecule has 1 fully saturated rings. The molecule has 2 atom stereocenters. The van der Waals surface area contributed by atoms with Crippen molar-refractivity contribution < 1.29 is 5.11 Å². The molecule has 1 saturated heterocycles. The molecule has 0 spiro atoms. The number of likely N-dealkylation sites (tertiary alicyclic amines) is 1. The topological polar surface area (TPSA) is 49.5 Å². The Kier molecular flexibility index (Phi) is 3.28. The van der Waals surface area contributed by atoms with Crippen LogP contribution in [0.5, 0.6) is 0 Å². The molecule has 0 aromatic heterocycles. The zero-order valence-electron chi connectivity index (χ0n) is 9.76. The molecule has 1 heterocycles. The molecule has 3 heteroatoms. The number of aliphatic hydroxyl groups is 1. The van der Waals surface area contributed by atoms with Crippen molar-refractivity contribution in [3.63, 3.8) is 0 Å². The molecule has 0 bridgehead atoms. The summed E-state index contributed by atoms with van der Waals surface area (Å²) in [6.45, 7) is 4.41. The van der Waals surface area contributed by atoms with E-state index < -0.39 is 5.60 Å². The van der Waals surface area contributed by atoms with Crippen molar-refractivity contribution in [2.75, 3.05) is 19.6 Å². The predicted molar refractivity (Wildman–Crippen MR) is 65.0 cm³/mol. The summed E-state index contributed by atoms with van der Waals surface area (Å²) in [6, 6.07) is 10.1. The highest BCUT2D eigenvalue weighted by molar-refractivity contribution is 5.21. The van der Waals surface area contributed by atoms with Gasteiger partial charge in [0.2, 0.25) is 0 Å². The molecule has 1 aromatic carbocycles. The number of hydrogen-bond donors (Lipinski definition) is 2. The predicted octanol–water partition coefficient (Wildman–Crippen LogP) is 0.927. The fourth-order valence-corrected chi connectivity index (χ4v) is 2.33. The minimum absolute atomic E-state index is 0.270. The minimum Gasteiger partial charge on any atom is -0.384 e. The van der Waals surface area contributed by atoms with Crippen LogP contribution in [0.3, 0.4) is 0 Å². The van der Waals surface area contributed by atoms with Crippen molar-refractivity contribution in [3.05, 3.63) is 35.9 Å². The fraction of sp³-hybridized carbons (Fsp3) is 0.538. The van der Waals surface area contributed by atoms with Gasteiger partial charge in [-0.3, -0.25) is 4.90 Å². The molecule has 0 amide bonds. The SMILES string of the molecule is CC(O)(CN1CC[C@H](N)C1)c1ccccc1. The molecule has 1 aromatic rings. The first-order valence-electron chi connectivity index (χ1n) is 5.84. The van der Waals surface area contributed by atoms with E-state index in [0.29, 0.717) is 6.54 Å². The smallest absolute Gasteiger partial charge is 0.0994 e. The van der Waals surface area contributed by atoms with Crippen molar-refractivity contribution >= 4 is 0 Å². The summed E-state index contributed by atoms with van der Waals surface area (Å²) in [6.07, 6.45) is 1.03. The molecule has 1 aliphatic heterocycles. The maximum absolute atomic E-state index is 10.4. The number of benzene rings is 1. The van der Waals surface area contributed by atoms with Gasteiger partial charge < -0.3 is 10.8 Å². The van der Waals surface area contributed by atoms with Crippen LogP contribution in [0.15, 0.2) is 30.3 Å². The lowest BCUT2D eigenvalue weighted by molar-refractivity contribution is 0.0224. The van der Waals surface area contributed by atoms with Crippen LogP contribution in [-0.2, 0) is 5.60 Å². The highest BCUT2D eigenvalue weighted by atomic mass is 16.3. The van der Waals surface area contributed by atoms with E-state index in [4.69, 9.17) is 5.73 Å². The van der Waals surface area contributed by atoms with Gasteiger partial charge in [0.05, 0.1) is 5.60 Å². The zero-order chi connectivity index (χ0) is 11.6. The van der Waals surface area contributed by atoms with Gasteiger partial charge in [-0.2, -0.15) is 0 Å². The summed E-state index contributed by atoms with van der Waals surface area (Å²) >= 11 is 0. The van der Waals surface area contributed by atoms with E-state index in [9.17, 15) is 5.11 Å². The number of nitrogens with zero attached hydrogens (tertiary/aromatic N) is 1. The van der Waals surface area contributed by atoms with Gasteiger partial charge in [0.15, 0.2) is 0 Å². The van der Waals surface area contributed by atoms with Crippen LogP contribution in [0.1, 0.15) is 18.9 Å². The molecule has 0 aliphatic carbocycles. The van der Waals surface area contributed by atoms with Crippen LogP contribution >= 0.6 is 0 Å². The normalized spacial score (nSPS) is 25.6. The molecule has 2 rings (SSSR count). The molecule has 0 radical (unpaired) electrons. The van der Waals surface area contributed by atoms with Crippen LogP contribution in [0.4, 0.5) is 0 Å². The lowest BCUT2D eigenvalue weighted by Gasteiger charge is -2.29. The summed E-state index contributed by atoms with van der Waals surface area (Å²) in [4.78, 5) is 2.23. The minimum atomic E-state index is -0.786. The summed E-state index contributed by atoms with van der Waals surface area (Å²) < 4.78 is 0. The Balaban J connectivity index is 2.03. The van der Waals surface area contributed by atoms with Crippen LogP contribution in [0.2, 0.25) is 0 Å². The van der Waals surface area contributed by atoms with Crippen LogP contribution in [0, 0.1) is 0 Å². The monoisotopic (exact) mass is 220 g/mol. The molecule has 88 valence electrons. The first kappa shape index (κ1) is 11.6. The van der Waals surface area contributed by atoms with E-state index in [1.165, 1.54) is 0 Å². The quantitative estimate of drug-likeness (QED) is 0.796. The first-order chi connectivity index (χ1) is 7.58. The zero-order valence-corrected chi connectivity index (χ0v) is 9.76. The highest BCUT2D eigenvalue weighted by Gasteiger charge is 2.29. The van der Waals surface area contributed by atoms with Crippen molar-refractivity contribution in [2.24, 2.45) is 5.73 Å². The van der Waals surface area contributed by atoms with E-state index in [1.807, 2.05) is 37.3 Å². The van der Waals surface area contributed by atoms with E-state index in [1.54, 1.807) is 0 Å². The summed E-state index contributed by atoms with van der Waals surface area (Å²) in [5.41, 5.74) is 6.04. The van der Waals surface area contributed by atoms with Crippen LogP contribution in [0.25, 0.3) is 0 Å². The van der Waals surface area contributed by atoms with E-state index in [2.05, 4.69) is 4.90 Å². The average Bonchev–Trinajstić information content (AvgIpc) is 2.64. The van der Waals surface area contributed by atoms with Gasteiger partial charge in [0.25, 0.3) is 0 Å². The summed E-state index contributed by atoms with van der Waals surface area (Å²) in [5, 5.41) is 10.4. The van der Waals surface area contributed by atoms with Gasteiger partial charge >= 0.3 is 0 Å². The maximum Gasteiger partial charge on any atom is 0.0994 e. The lowest BCUT2D eigenvalue weighted by Crippen LogP contribution is -2.38. The number of β-amino-alcohol motifs (C(OH)–C–C–N with tert-alkyl or cyclic N) is 1. The van der Waals surface area contributed by atoms with Crippen molar-refractivity contribution in [1.29, 1.82) is 0 Å². The van der Waals surface area contributed by atoms with E-state index in [-0.39, 0.29) is 6.04 Å². The van der Waals surface area contributed by atoms with Crippen LogP contribution in [-0.4, -0.2) is 35.7 Å². The fourth-order valence-electron chi connectivity index (χ4n) is 2.33. The average molecular weight is 220 g/mol. The summed E-state index contributed by atoms with van der Waals surface area (Å²) in [7, 11) is 0. The Morgan fingerprint density at radius 2 is 2.12 bits per heavy atom. The van der Waals surface area contributed by atoms with Gasteiger partial charge in [-0.25, -0.2) is 0 Å². The molecule has 16 heavy (non-hydrogen) atoms. The molecule has 1 aliphatic rings. The Labute approximate surface area is 96.9 Å². The highest BCUT2D eigenvalue weighted by Crippen LogP contribution is 2.23. The number of rotatable bonds is 3. The largest absolute Gasteiger partial charge is 0.384 e. The van der Waals surface area contributed by atoms with Crippen molar-refractivity contribution in [3.8, 4) is 0 Å². The van der Waals surface area contributed by atoms with Gasteiger partial charge in [0.1, 0.15) is 0 Å².